The second-order valence-corrected chi connectivity index (χ2v) is 8.54. The highest BCUT2D eigenvalue weighted by Gasteiger charge is 2.28. The van der Waals surface area contributed by atoms with E-state index in [9.17, 15) is 4.79 Å². The van der Waals surface area contributed by atoms with Crippen molar-refractivity contribution >= 4 is 32.9 Å². The molecule has 0 spiro atoms. The molecule has 5 rings (SSSR count). The first kappa shape index (κ1) is 19.8. The molecule has 7 heteroatoms. The summed E-state index contributed by atoms with van der Waals surface area (Å²) >= 11 is 3.42. The van der Waals surface area contributed by atoms with Crippen LogP contribution in [0.4, 0.5) is 0 Å². The summed E-state index contributed by atoms with van der Waals surface area (Å²) in [5.41, 5.74) is 2.69. The number of aromatic amines is 1. The lowest BCUT2D eigenvalue weighted by Crippen LogP contribution is -2.38. The standard InChI is InChI=1S/C24H21BrN4O2/c25-17-5-7-18(8-6-17)31-23-20(4-2-12-27-23)24(30)29-13-9-16(10-14-29)21-15-28-22-19(21)3-1-11-26-22/h1-8,11-12,15-16H,9-10,13-14H2,(H,26,28). The Morgan fingerprint density at radius 2 is 1.77 bits per heavy atom. The lowest BCUT2D eigenvalue weighted by atomic mass is 9.89. The first-order chi connectivity index (χ1) is 15.2. The first-order valence-electron chi connectivity index (χ1n) is 10.3. The minimum absolute atomic E-state index is 0.0424. The van der Waals surface area contributed by atoms with Crippen LogP contribution in [-0.2, 0) is 0 Å². The minimum atomic E-state index is -0.0424. The van der Waals surface area contributed by atoms with Crippen LogP contribution in [-0.4, -0.2) is 38.8 Å². The van der Waals surface area contributed by atoms with E-state index in [-0.39, 0.29) is 5.91 Å². The van der Waals surface area contributed by atoms with E-state index in [0.717, 1.165) is 23.0 Å². The number of amides is 1. The first-order valence-corrected chi connectivity index (χ1v) is 11.1. The van der Waals surface area contributed by atoms with E-state index in [1.54, 1.807) is 24.5 Å². The molecule has 3 aromatic heterocycles. The van der Waals surface area contributed by atoms with Gasteiger partial charge in [-0.15, -0.1) is 0 Å². The van der Waals surface area contributed by atoms with Crippen molar-refractivity contribution in [1.29, 1.82) is 0 Å². The highest BCUT2D eigenvalue weighted by Crippen LogP contribution is 2.33. The van der Waals surface area contributed by atoms with E-state index in [4.69, 9.17) is 4.74 Å². The van der Waals surface area contributed by atoms with Gasteiger partial charge in [0, 0.05) is 41.5 Å². The summed E-state index contributed by atoms with van der Waals surface area (Å²) in [6.07, 6.45) is 7.33. The molecule has 1 aliphatic heterocycles. The van der Waals surface area contributed by atoms with Crippen LogP contribution in [0.25, 0.3) is 11.0 Å². The molecule has 31 heavy (non-hydrogen) atoms. The Morgan fingerprint density at radius 1 is 1.03 bits per heavy atom. The van der Waals surface area contributed by atoms with Crippen molar-refractivity contribution in [2.24, 2.45) is 0 Å². The summed E-state index contributed by atoms with van der Waals surface area (Å²) in [6.45, 7) is 1.39. The maximum Gasteiger partial charge on any atom is 0.259 e. The molecule has 0 unspecified atom stereocenters. The number of nitrogens with zero attached hydrogens (tertiary/aromatic N) is 3. The largest absolute Gasteiger partial charge is 0.438 e. The number of aromatic nitrogens is 3. The van der Waals surface area contributed by atoms with Crippen LogP contribution < -0.4 is 4.74 Å². The number of fused-ring (bicyclic) bond motifs is 1. The highest BCUT2D eigenvalue weighted by molar-refractivity contribution is 9.10. The molecule has 1 aliphatic rings. The van der Waals surface area contributed by atoms with Crippen molar-refractivity contribution in [2.75, 3.05) is 13.1 Å². The van der Waals surface area contributed by atoms with Gasteiger partial charge in [-0.05, 0) is 72.9 Å². The molecule has 6 nitrogen and oxygen atoms in total. The SMILES string of the molecule is O=C(c1cccnc1Oc1ccc(Br)cc1)N1CCC(c2c[nH]c3ncccc23)CC1. The Balaban J connectivity index is 1.30. The third-order valence-electron chi connectivity index (χ3n) is 5.73. The maximum absolute atomic E-state index is 13.3. The average molecular weight is 477 g/mol. The van der Waals surface area contributed by atoms with Gasteiger partial charge >= 0.3 is 0 Å². The number of nitrogens with one attached hydrogen (secondary N) is 1. The van der Waals surface area contributed by atoms with Crippen molar-refractivity contribution in [3.63, 3.8) is 0 Å². The predicted molar refractivity (Wildman–Crippen MR) is 122 cm³/mol. The summed E-state index contributed by atoms with van der Waals surface area (Å²) in [5.74, 6) is 1.34. The molecule has 0 bridgehead atoms. The summed E-state index contributed by atoms with van der Waals surface area (Å²) in [4.78, 5) is 27.1. The van der Waals surface area contributed by atoms with Crippen LogP contribution >= 0.6 is 15.9 Å². The molecule has 1 saturated heterocycles. The molecular formula is C24H21BrN4O2. The number of ether oxygens (including phenoxy) is 1. The van der Waals surface area contributed by atoms with Gasteiger partial charge < -0.3 is 14.6 Å². The summed E-state index contributed by atoms with van der Waals surface area (Å²) in [5, 5.41) is 1.17. The Hall–Kier alpha value is -3.19. The number of halogens is 1. The fourth-order valence-corrected chi connectivity index (χ4v) is 4.39. The molecule has 0 atom stereocenters. The molecule has 1 N–H and O–H groups in total. The van der Waals surface area contributed by atoms with E-state index in [1.807, 2.05) is 35.2 Å². The minimum Gasteiger partial charge on any atom is -0.438 e. The Bertz CT molecular complexity index is 1210. The second kappa shape index (κ2) is 8.51. The Labute approximate surface area is 188 Å². The zero-order valence-electron chi connectivity index (χ0n) is 16.8. The van der Waals surface area contributed by atoms with Crippen LogP contribution in [0.1, 0.15) is 34.7 Å². The van der Waals surface area contributed by atoms with Gasteiger partial charge in [0.1, 0.15) is 17.0 Å². The topological polar surface area (TPSA) is 71.1 Å². The monoisotopic (exact) mass is 476 g/mol. The molecule has 0 radical (unpaired) electrons. The summed E-state index contributed by atoms with van der Waals surface area (Å²) in [6, 6.07) is 15.1. The number of likely N-dealkylation sites (tertiary alicyclic amines) is 1. The molecule has 1 aromatic carbocycles. The number of pyridine rings is 2. The molecule has 1 amide bonds. The number of benzene rings is 1. The third kappa shape index (κ3) is 4.05. The zero-order chi connectivity index (χ0) is 21.2. The summed E-state index contributed by atoms with van der Waals surface area (Å²) < 4.78 is 6.88. The van der Waals surface area contributed by atoms with Crippen LogP contribution in [0, 0.1) is 0 Å². The number of rotatable bonds is 4. The van der Waals surface area contributed by atoms with E-state index in [1.165, 1.54) is 10.9 Å². The Kier molecular flexibility index (Phi) is 5.42. The Morgan fingerprint density at radius 3 is 2.58 bits per heavy atom. The number of piperidine rings is 1. The highest BCUT2D eigenvalue weighted by atomic mass is 79.9. The van der Waals surface area contributed by atoms with Crippen molar-refractivity contribution in [1.82, 2.24) is 19.9 Å². The molecule has 4 heterocycles. The molecule has 1 fully saturated rings. The predicted octanol–water partition coefficient (Wildman–Crippen LogP) is 5.53. The summed E-state index contributed by atoms with van der Waals surface area (Å²) in [7, 11) is 0. The van der Waals surface area contributed by atoms with E-state index in [2.05, 4.69) is 43.1 Å². The van der Waals surface area contributed by atoms with Gasteiger partial charge in [0.15, 0.2) is 0 Å². The number of H-pyrrole nitrogens is 1. The lowest BCUT2D eigenvalue weighted by molar-refractivity contribution is 0.0710. The fourth-order valence-electron chi connectivity index (χ4n) is 4.13. The van der Waals surface area contributed by atoms with Gasteiger partial charge in [0.25, 0.3) is 5.91 Å². The van der Waals surface area contributed by atoms with E-state index in [0.29, 0.717) is 36.2 Å². The molecular weight excluding hydrogens is 456 g/mol. The normalized spacial score (nSPS) is 14.7. The lowest BCUT2D eigenvalue weighted by Gasteiger charge is -2.32. The molecule has 0 aliphatic carbocycles. The van der Waals surface area contributed by atoms with Crippen molar-refractivity contribution in [3.05, 3.63) is 82.7 Å². The number of carbonyl (C=O) groups excluding carboxylic acids is 1. The second-order valence-electron chi connectivity index (χ2n) is 7.62. The van der Waals surface area contributed by atoms with Gasteiger partial charge in [-0.3, -0.25) is 4.79 Å². The van der Waals surface area contributed by atoms with Gasteiger partial charge in [-0.25, -0.2) is 9.97 Å². The average Bonchev–Trinajstić information content (AvgIpc) is 3.25. The quantitative estimate of drug-likeness (QED) is 0.420. The van der Waals surface area contributed by atoms with Gasteiger partial charge in [0.2, 0.25) is 5.88 Å². The number of hydrogen-bond acceptors (Lipinski definition) is 4. The van der Waals surface area contributed by atoms with Crippen LogP contribution in [0.2, 0.25) is 0 Å². The molecule has 156 valence electrons. The van der Waals surface area contributed by atoms with Gasteiger partial charge in [0.05, 0.1) is 0 Å². The fraction of sp³-hybridized carbons (Fsp3) is 0.208. The van der Waals surface area contributed by atoms with Crippen LogP contribution in [0.5, 0.6) is 11.6 Å². The van der Waals surface area contributed by atoms with E-state index >= 15 is 0 Å². The maximum atomic E-state index is 13.3. The van der Waals surface area contributed by atoms with Crippen LogP contribution in [0.15, 0.2) is 71.6 Å². The van der Waals surface area contributed by atoms with Crippen LogP contribution in [0.3, 0.4) is 0 Å². The number of hydrogen-bond donors (Lipinski definition) is 1. The van der Waals surface area contributed by atoms with Crippen molar-refractivity contribution in [3.8, 4) is 11.6 Å². The molecule has 4 aromatic rings. The smallest absolute Gasteiger partial charge is 0.259 e. The van der Waals surface area contributed by atoms with Gasteiger partial charge in [-0.1, -0.05) is 15.9 Å². The van der Waals surface area contributed by atoms with Crippen molar-refractivity contribution in [2.45, 2.75) is 18.8 Å². The van der Waals surface area contributed by atoms with E-state index < -0.39 is 0 Å². The van der Waals surface area contributed by atoms with Gasteiger partial charge in [-0.2, -0.15) is 0 Å². The third-order valence-corrected chi connectivity index (χ3v) is 6.26. The zero-order valence-corrected chi connectivity index (χ0v) is 18.4. The molecule has 0 saturated carbocycles. The number of carbonyl (C=O) groups is 1. The van der Waals surface area contributed by atoms with Crippen molar-refractivity contribution < 1.29 is 9.53 Å².